The Morgan fingerprint density at radius 2 is 2.00 bits per heavy atom. The van der Waals surface area contributed by atoms with Crippen LogP contribution >= 0.6 is 0 Å². The molecular formula is C11H13NO3. The molecule has 4 nitrogen and oxygen atoms in total. The van der Waals surface area contributed by atoms with Crippen LogP contribution in [-0.4, -0.2) is 36.0 Å². The van der Waals surface area contributed by atoms with Crippen LogP contribution in [0.25, 0.3) is 0 Å². The first-order chi connectivity index (χ1) is 7.05. The molecule has 1 heterocycles. The van der Waals surface area contributed by atoms with Crippen LogP contribution in [-0.2, 0) is 14.3 Å². The standard InChI is InChI=1S/C11H13NO3/c1-8-7-15-11(12(2)10(8)14)5-3-9(13)4-6-11/h3-6,8H,7H2,1-2H3. The van der Waals surface area contributed by atoms with E-state index in [0.717, 1.165) is 0 Å². The molecule has 2 rings (SSSR count). The molecule has 0 aromatic heterocycles. The highest BCUT2D eigenvalue weighted by Crippen LogP contribution is 2.29. The van der Waals surface area contributed by atoms with Crippen molar-refractivity contribution >= 4 is 11.7 Å². The van der Waals surface area contributed by atoms with Crippen LogP contribution in [0, 0.1) is 5.92 Å². The number of carbonyl (C=O) groups is 2. The SMILES string of the molecule is CC1COC2(C=CC(=O)C=C2)N(C)C1=O. The van der Waals surface area contributed by atoms with Crippen molar-refractivity contribution < 1.29 is 14.3 Å². The Morgan fingerprint density at radius 3 is 2.60 bits per heavy atom. The van der Waals surface area contributed by atoms with E-state index in [2.05, 4.69) is 0 Å². The van der Waals surface area contributed by atoms with Gasteiger partial charge in [-0.25, -0.2) is 0 Å². The highest BCUT2D eigenvalue weighted by atomic mass is 16.5. The second-order valence-electron chi connectivity index (χ2n) is 3.93. The van der Waals surface area contributed by atoms with E-state index in [4.69, 9.17) is 4.74 Å². The molecule has 4 heteroatoms. The fourth-order valence-corrected chi connectivity index (χ4v) is 1.76. The molecule has 1 amide bonds. The second kappa shape index (κ2) is 3.31. The molecule has 0 saturated carbocycles. The third-order valence-corrected chi connectivity index (χ3v) is 2.81. The van der Waals surface area contributed by atoms with Crippen molar-refractivity contribution in [2.24, 2.45) is 5.92 Å². The van der Waals surface area contributed by atoms with E-state index in [1.54, 1.807) is 19.2 Å². The molecule has 1 aliphatic heterocycles. The van der Waals surface area contributed by atoms with Gasteiger partial charge in [-0.3, -0.25) is 9.59 Å². The predicted molar refractivity (Wildman–Crippen MR) is 53.9 cm³/mol. The van der Waals surface area contributed by atoms with Crippen molar-refractivity contribution in [1.29, 1.82) is 0 Å². The zero-order valence-electron chi connectivity index (χ0n) is 8.77. The number of ether oxygens (including phenoxy) is 1. The van der Waals surface area contributed by atoms with Crippen LogP contribution in [0.5, 0.6) is 0 Å². The number of amides is 1. The average Bonchev–Trinajstić information content (AvgIpc) is 2.25. The van der Waals surface area contributed by atoms with Gasteiger partial charge < -0.3 is 9.64 Å². The molecule has 15 heavy (non-hydrogen) atoms. The summed E-state index contributed by atoms with van der Waals surface area (Å²) in [6, 6.07) is 0. The van der Waals surface area contributed by atoms with Crippen molar-refractivity contribution in [2.45, 2.75) is 12.6 Å². The third-order valence-electron chi connectivity index (χ3n) is 2.81. The lowest BCUT2D eigenvalue weighted by molar-refractivity contribution is -0.174. The number of allylic oxidation sites excluding steroid dienone is 2. The molecule has 0 aromatic carbocycles. The molecule has 1 unspecified atom stereocenters. The summed E-state index contributed by atoms with van der Waals surface area (Å²) >= 11 is 0. The van der Waals surface area contributed by atoms with Gasteiger partial charge in [0.05, 0.1) is 12.5 Å². The van der Waals surface area contributed by atoms with Crippen molar-refractivity contribution in [3.63, 3.8) is 0 Å². The molecule has 0 radical (unpaired) electrons. The summed E-state index contributed by atoms with van der Waals surface area (Å²) in [4.78, 5) is 24.3. The first-order valence-corrected chi connectivity index (χ1v) is 4.89. The molecular weight excluding hydrogens is 194 g/mol. The molecule has 1 aliphatic carbocycles. The van der Waals surface area contributed by atoms with Crippen LogP contribution < -0.4 is 0 Å². The van der Waals surface area contributed by atoms with Crippen molar-refractivity contribution in [3.8, 4) is 0 Å². The van der Waals surface area contributed by atoms with Gasteiger partial charge in [0, 0.05) is 7.05 Å². The van der Waals surface area contributed by atoms with Gasteiger partial charge in [0.15, 0.2) is 11.5 Å². The van der Waals surface area contributed by atoms with Crippen LogP contribution in [0.4, 0.5) is 0 Å². The lowest BCUT2D eigenvalue weighted by atomic mass is 9.99. The summed E-state index contributed by atoms with van der Waals surface area (Å²) in [6.07, 6.45) is 6.11. The number of hydrogen-bond acceptors (Lipinski definition) is 3. The number of likely N-dealkylation sites (N-methyl/N-ethyl adjacent to an activating group) is 1. The number of hydrogen-bond donors (Lipinski definition) is 0. The fourth-order valence-electron chi connectivity index (χ4n) is 1.76. The minimum Gasteiger partial charge on any atom is -0.347 e. The Morgan fingerprint density at radius 1 is 1.40 bits per heavy atom. The Kier molecular flexibility index (Phi) is 2.23. The van der Waals surface area contributed by atoms with Gasteiger partial charge in [0.1, 0.15) is 0 Å². The third kappa shape index (κ3) is 1.51. The largest absolute Gasteiger partial charge is 0.347 e. The van der Waals surface area contributed by atoms with Gasteiger partial charge in [-0.15, -0.1) is 0 Å². The number of carbonyl (C=O) groups excluding carboxylic acids is 2. The van der Waals surface area contributed by atoms with Gasteiger partial charge >= 0.3 is 0 Å². The Balaban J connectivity index is 2.30. The van der Waals surface area contributed by atoms with E-state index < -0.39 is 5.72 Å². The summed E-state index contributed by atoms with van der Waals surface area (Å²) < 4.78 is 5.63. The molecule has 0 aromatic rings. The average molecular weight is 207 g/mol. The van der Waals surface area contributed by atoms with Crippen LogP contribution in [0.1, 0.15) is 6.92 Å². The first kappa shape index (κ1) is 10.1. The minimum atomic E-state index is -0.850. The van der Waals surface area contributed by atoms with Gasteiger partial charge in [0.2, 0.25) is 5.91 Å². The van der Waals surface area contributed by atoms with Crippen molar-refractivity contribution in [2.75, 3.05) is 13.7 Å². The van der Waals surface area contributed by atoms with E-state index in [0.29, 0.717) is 6.61 Å². The highest BCUT2D eigenvalue weighted by Gasteiger charge is 2.41. The fraction of sp³-hybridized carbons (Fsp3) is 0.455. The summed E-state index contributed by atoms with van der Waals surface area (Å²) in [6.45, 7) is 2.21. The van der Waals surface area contributed by atoms with Crippen LogP contribution in [0.3, 0.4) is 0 Å². The lowest BCUT2D eigenvalue weighted by Gasteiger charge is -2.43. The van der Waals surface area contributed by atoms with Gasteiger partial charge in [-0.1, -0.05) is 6.92 Å². The van der Waals surface area contributed by atoms with Gasteiger partial charge in [-0.2, -0.15) is 0 Å². The van der Waals surface area contributed by atoms with Crippen LogP contribution in [0.2, 0.25) is 0 Å². The number of nitrogens with zero attached hydrogens (tertiary/aromatic N) is 1. The van der Waals surface area contributed by atoms with E-state index in [1.165, 1.54) is 17.1 Å². The van der Waals surface area contributed by atoms with E-state index in [1.807, 2.05) is 6.92 Å². The topological polar surface area (TPSA) is 46.6 Å². The lowest BCUT2D eigenvalue weighted by Crippen LogP contribution is -2.56. The molecule has 1 atom stereocenters. The Bertz CT molecular complexity index is 354. The monoisotopic (exact) mass is 207 g/mol. The summed E-state index contributed by atoms with van der Waals surface area (Å²) in [5.74, 6) is -0.173. The maximum Gasteiger partial charge on any atom is 0.230 e. The maximum atomic E-state index is 11.8. The second-order valence-corrected chi connectivity index (χ2v) is 3.93. The predicted octanol–water partition coefficient (Wildman–Crippen LogP) is 0.502. The van der Waals surface area contributed by atoms with Gasteiger partial charge in [0.25, 0.3) is 0 Å². The minimum absolute atomic E-state index is 0.0323. The molecule has 1 fully saturated rings. The summed E-state index contributed by atoms with van der Waals surface area (Å²) in [5.41, 5.74) is -0.850. The van der Waals surface area contributed by atoms with Gasteiger partial charge in [-0.05, 0) is 24.3 Å². The maximum absolute atomic E-state index is 11.8. The molecule has 80 valence electrons. The Labute approximate surface area is 88.2 Å². The Hall–Kier alpha value is -1.42. The first-order valence-electron chi connectivity index (χ1n) is 4.89. The van der Waals surface area contributed by atoms with E-state index in [-0.39, 0.29) is 17.6 Å². The molecule has 0 N–H and O–H groups in total. The molecule has 1 saturated heterocycles. The number of rotatable bonds is 0. The van der Waals surface area contributed by atoms with Crippen molar-refractivity contribution in [3.05, 3.63) is 24.3 Å². The normalized spacial score (nSPS) is 28.9. The quantitative estimate of drug-likeness (QED) is 0.581. The summed E-state index contributed by atoms with van der Waals surface area (Å²) in [5, 5.41) is 0. The molecule has 2 aliphatic rings. The van der Waals surface area contributed by atoms with Crippen LogP contribution in [0.15, 0.2) is 24.3 Å². The number of ketones is 1. The zero-order valence-corrected chi connectivity index (χ0v) is 8.77. The zero-order chi connectivity index (χ0) is 11.1. The smallest absolute Gasteiger partial charge is 0.230 e. The molecule has 0 bridgehead atoms. The van der Waals surface area contributed by atoms with E-state index in [9.17, 15) is 9.59 Å². The highest BCUT2D eigenvalue weighted by molar-refractivity contribution is 6.00. The van der Waals surface area contributed by atoms with E-state index >= 15 is 0 Å². The summed E-state index contributed by atoms with van der Waals surface area (Å²) in [7, 11) is 1.68. The van der Waals surface area contributed by atoms with Crippen molar-refractivity contribution in [1.82, 2.24) is 4.90 Å². The molecule has 1 spiro atoms.